The molecule has 1 aliphatic heterocycles. The second-order valence-electron chi connectivity index (χ2n) is 5.77. The minimum Gasteiger partial charge on any atom is -0.490 e. The molecule has 0 aromatic heterocycles. The van der Waals surface area contributed by atoms with Gasteiger partial charge in [-0.15, -0.1) is 0 Å². The van der Waals surface area contributed by atoms with Crippen LogP contribution in [0.3, 0.4) is 0 Å². The summed E-state index contributed by atoms with van der Waals surface area (Å²) >= 11 is 6.31. The Bertz CT molecular complexity index is 544. The smallest absolute Gasteiger partial charge is 0.251 e. The van der Waals surface area contributed by atoms with Gasteiger partial charge in [0, 0.05) is 18.7 Å². The Labute approximate surface area is 148 Å². The van der Waals surface area contributed by atoms with Crippen molar-refractivity contribution in [3.8, 4) is 11.5 Å². The van der Waals surface area contributed by atoms with Crippen molar-refractivity contribution in [2.24, 2.45) is 0 Å². The number of benzene rings is 1. The van der Waals surface area contributed by atoms with E-state index in [-0.39, 0.29) is 12.0 Å². The van der Waals surface area contributed by atoms with E-state index in [2.05, 4.69) is 12.2 Å². The van der Waals surface area contributed by atoms with Crippen LogP contribution in [-0.2, 0) is 4.74 Å². The molecule has 5 nitrogen and oxygen atoms in total. The molecule has 1 atom stereocenters. The van der Waals surface area contributed by atoms with Crippen molar-refractivity contribution in [2.45, 2.75) is 45.6 Å². The quantitative estimate of drug-likeness (QED) is 0.684. The third kappa shape index (κ3) is 5.28. The molecular formula is C18H26ClNO4. The highest BCUT2D eigenvalue weighted by atomic mass is 35.5. The molecule has 24 heavy (non-hydrogen) atoms. The van der Waals surface area contributed by atoms with Crippen LogP contribution in [0.1, 0.15) is 49.9 Å². The number of carbonyl (C=O) groups excluding carboxylic acids is 1. The highest BCUT2D eigenvalue weighted by molar-refractivity contribution is 6.32. The van der Waals surface area contributed by atoms with Gasteiger partial charge in [0.15, 0.2) is 11.5 Å². The van der Waals surface area contributed by atoms with Crippen LogP contribution in [0.2, 0.25) is 5.02 Å². The fourth-order valence-electron chi connectivity index (χ4n) is 2.53. The highest BCUT2D eigenvalue weighted by Crippen LogP contribution is 2.36. The standard InChI is InChI=1S/C18H26ClNO4/c1-3-5-8-24-17-15(19)10-13(11-16(17)22-4-2)18(21)20-12-14-7-6-9-23-14/h10-11,14H,3-9,12H2,1-2H3,(H,20,21). The molecule has 2 rings (SSSR count). The number of rotatable bonds is 9. The van der Waals surface area contributed by atoms with Gasteiger partial charge in [0.1, 0.15) is 0 Å². The number of hydrogen-bond acceptors (Lipinski definition) is 4. The molecular weight excluding hydrogens is 330 g/mol. The van der Waals surface area contributed by atoms with Gasteiger partial charge >= 0.3 is 0 Å². The van der Waals surface area contributed by atoms with Gasteiger partial charge in [0.05, 0.1) is 24.3 Å². The number of carbonyl (C=O) groups is 1. The van der Waals surface area contributed by atoms with E-state index in [1.807, 2.05) is 6.92 Å². The Morgan fingerprint density at radius 3 is 2.88 bits per heavy atom. The van der Waals surface area contributed by atoms with E-state index in [1.54, 1.807) is 12.1 Å². The number of halogens is 1. The third-order valence-corrected chi connectivity index (χ3v) is 4.11. The normalized spacial score (nSPS) is 16.9. The lowest BCUT2D eigenvalue weighted by molar-refractivity contribution is 0.0857. The van der Waals surface area contributed by atoms with Crippen LogP contribution in [0.5, 0.6) is 11.5 Å². The molecule has 1 aromatic rings. The van der Waals surface area contributed by atoms with E-state index in [9.17, 15) is 4.79 Å². The van der Waals surface area contributed by atoms with Crippen molar-refractivity contribution < 1.29 is 19.0 Å². The zero-order valence-electron chi connectivity index (χ0n) is 14.4. The Morgan fingerprint density at radius 1 is 1.38 bits per heavy atom. The van der Waals surface area contributed by atoms with E-state index in [1.165, 1.54) is 0 Å². The van der Waals surface area contributed by atoms with Gasteiger partial charge in [-0.25, -0.2) is 0 Å². The summed E-state index contributed by atoms with van der Waals surface area (Å²) in [5, 5.41) is 3.28. The van der Waals surface area contributed by atoms with Crippen LogP contribution in [0, 0.1) is 0 Å². The van der Waals surface area contributed by atoms with Gasteiger partial charge in [-0.2, -0.15) is 0 Å². The van der Waals surface area contributed by atoms with Gasteiger partial charge < -0.3 is 19.5 Å². The largest absolute Gasteiger partial charge is 0.490 e. The summed E-state index contributed by atoms with van der Waals surface area (Å²) in [5.74, 6) is 0.819. The van der Waals surface area contributed by atoms with Crippen molar-refractivity contribution in [3.63, 3.8) is 0 Å². The molecule has 1 heterocycles. The van der Waals surface area contributed by atoms with Crippen LogP contribution in [-0.4, -0.2) is 38.4 Å². The molecule has 134 valence electrons. The molecule has 0 saturated carbocycles. The van der Waals surface area contributed by atoms with Crippen LogP contribution >= 0.6 is 11.6 Å². The summed E-state index contributed by atoms with van der Waals surface area (Å²) in [6.45, 7) is 6.30. The lowest BCUT2D eigenvalue weighted by Crippen LogP contribution is -2.31. The van der Waals surface area contributed by atoms with Crippen molar-refractivity contribution in [2.75, 3.05) is 26.4 Å². The van der Waals surface area contributed by atoms with E-state index < -0.39 is 0 Å². The molecule has 0 spiro atoms. The van der Waals surface area contributed by atoms with Gasteiger partial charge in [-0.1, -0.05) is 24.9 Å². The number of unbranched alkanes of at least 4 members (excludes halogenated alkanes) is 1. The van der Waals surface area contributed by atoms with Crippen LogP contribution in [0.4, 0.5) is 0 Å². The summed E-state index contributed by atoms with van der Waals surface area (Å²) in [6, 6.07) is 3.30. The van der Waals surface area contributed by atoms with Gasteiger partial charge in [0.2, 0.25) is 0 Å². The van der Waals surface area contributed by atoms with Gasteiger partial charge in [0.25, 0.3) is 5.91 Å². The number of amides is 1. The fraction of sp³-hybridized carbons (Fsp3) is 0.611. The number of ether oxygens (including phenoxy) is 3. The van der Waals surface area contributed by atoms with E-state index in [0.29, 0.717) is 41.8 Å². The minimum atomic E-state index is -0.187. The van der Waals surface area contributed by atoms with E-state index in [4.69, 9.17) is 25.8 Å². The first-order valence-corrected chi connectivity index (χ1v) is 9.02. The predicted octanol–water partition coefficient (Wildman–Crippen LogP) is 3.83. The summed E-state index contributed by atoms with van der Waals surface area (Å²) in [5.41, 5.74) is 0.462. The minimum absolute atomic E-state index is 0.104. The lowest BCUT2D eigenvalue weighted by atomic mass is 10.1. The summed E-state index contributed by atoms with van der Waals surface area (Å²) in [4.78, 5) is 12.4. The van der Waals surface area contributed by atoms with Gasteiger partial charge in [-0.3, -0.25) is 4.79 Å². The Balaban J connectivity index is 2.07. The van der Waals surface area contributed by atoms with Crippen molar-refractivity contribution >= 4 is 17.5 Å². The first kappa shape index (κ1) is 18.9. The molecule has 1 fully saturated rings. The molecule has 0 radical (unpaired) electrons. The Hall–Kier alpha value is -1.46. The SMILES string of the molecule is CCCCOc1c(Cl)cc(C(=O)NCC2CCCO2)cc1OCC. The molecule has 1 unspecified atom stereocenters. The topological polar surface area (TPSA) is 56.8 Å². The Kier molecular flexibility index (Phi) is 7.66. The Morgan fingerprint density at radius 2 is 2.21 bits per heavy atom. The molecule has 0 bridgehead atoms. The molecule has 1 N–H and O–H groups in total. The molecule has 1 aliphatic rings. The monoisotopic (exact) mass is 355 g/mol. The fourth-order valence-corrected chi connectivity index (χ4v) is 2.80. The summed E-state index contributed by atoms with van der Waals surface area (Å²) in [6.07, 6.45) is 4.10. The lowest BCUT2D eigenvalue weighted by Gasteiger charge is -2.16. The predicted molar refractivity (Wildman–Crippen MR) is 94.3 cm³/mol. The summed E-state index contributed by atoms with van der Waals surface area (Å²) < 4.78 is 16.8. The molecule has 1 amide bonds. The van der Waals surface area contributed by atoms with Crippen LogP contribution in [0.15, 0.2) is 12.1 Å². The number of hydrogen-bond donors (Lipinski definition) is 1. The first-order valence-electron chi connectivity index (χ1n) is 8.64. The maximum atomic E-state index is 12.4. The maximum absolute atomic E-state index is 12.4. The van der Waals surface area contributed by atoms with E-state index >= 15 is 0 Å². The summed E-state index contributed by atoms with van der Waals surface area (Å²) in [7, 11) is 0. The van der Waals surface area contributed by atoms with Crippen LogP contribution < -0.4 is 14.8 Å². The van der Waals surface area contributed by atoms with E-state index in [0.717, 1.165) is 32.3 Å². The van der Waals surface area contributed by atoms with Crippen molar-refractivity contribution in [3.05, 3.63) is 22.7 Å². The molecule has 1 saturated heterocycles. The second-order valence-corrected chi connectivity index (χ2v) is 6.17. The third-order valence-electron chi connectivity index (χ3n) is 3.83. The molecule has 1 aromatic carbocycles. The molecule has 6 heteroatoms. The highest BCUT2D eigenvalue weighted by Gasteiger charge is 2.19. The van der Waals surface area contributed by atoms with Gasteiger partial charge in [-0.05, 0) is 38.3 Å². The van der Waals surface area contributed by atoms with Crippen LogP contribution in [0.25, 0.3) is 0 Å². The van der Waals surface area contributed by atoms with Crippen molar-refractivity contribution in [1.29, 1.82) is 0 Å². The second kappa shape index (κ2) is 9.74. The molecule has 0 aliphatic carbocycles. The average Bonchev–Trinajstić information content (AvgIpc) is 3.08. The van der Waals surface area contributed by atoms with Crippen molar-refractivity contribution in [1.82, 2.24) is 5.32 Å². The first-order chi connectivity index (χ1) is 11.7. The zero-order valence-corrected chi connectivity index (χ0v) is 15.2. The maximum Gasteiger partial charge on any atom is 0.251 e. The zero-order chi connectivity index (χ0) is 17.4. The average molecular weight is 356 g/mol. The number of nitrogens with one attached hydrogen (secondary N) is 1.